The van der Waals surface area contributed by atoms with Crippen LogP contribution in [-0.2, 0) is 15.0 Å². The third kappa shape index (κ3) is 2.70. The molecule has 0 spiro atoms. The number of rotatable bonds is 3. The zero-order valence-corrected chi connectivity index (χ0v) is 11.2. The lowest BCUT2D eigenvalue weighted by Crippen LogP contribution is -2.34. The molecule has 1 heterocycles. The fraction of sp³-hybridized carbons (Fsp3) is 0.429. The van der Waals surface area contributed by atoms with Crippen LogP contribution >= 0.6 is 0 Å². The largest absolute Gasteiger partial charge is 0.481 e. The van der Waals surface area contributed by atoms with E-state index in [1.54, 1.807) is 19.1 Å². The number of ether oxygens (including phenoxy) is 1. The monoisotopic (exact) mass is 263 g/mol. The molecule has 1 aliphatic rings. The average molecular weight is 263 g/mol. The number of aliphatic carboxylic acids is 1. The summed E-state index contributed by atoms with van der Waals surface area (Å²) >= 11 is 0. The predicted octanol–water partition coefficient (Wildman–Crippen LogP) is 2.16. The van der Waals surface area contributed by atoms with Crippen LogP contribution in [0.4, 0.5) is 5.69 Å². The second-order valence-corrected chi connectivity index (χ2v) is 5.41. The minimum absolute atomic E-state index is 0.0354. The van der Waals surface area contributed by atoms with E-state index in [1.807, 2.05) is 19.9 Å². The quantitative estimate of drug-likeness (QED) is 0.876. The number of benzene rings is 1. The standard InChI is InChI=1S/C14H17NO4/c1-8-13(18)15-10-5-4-9(6-11(10)19-8)14(2,3)7-12(16)17/h4-6,8H,7H2,1-3H3,(H,15,18)(H,16,17). The maximum Gasteiger partial charge on any atom is 0.304 e. The summed E-state index contributed by atoms with van der Waals surface area (Å²) in [5.41, 5.74) is 1.00. The van der Waals surface area contributed by atoms with Crippen molar-refractivity contribution in [3.05, 3.63) is 23.8 Å². The molecule has 2 N–H and O–H groups in total. The lowest BCUT2D eigenvalue weighted by Gasteiger charge is -2.28. The van der Waals surface area contributed by atoms with Gasteiger partial charge in [0, 0.05) is 5.41 Å². The molecule has 1 aromatic rings. The first-order valence-corrected chi connectivity index (χ1v) is 6.13. The number of anilines is 1. The molecular formula is C14H17NO4. The Morgan fingerprint density at radius 2 is 2.16 bits per heavy atom. The predicted molar refractivity (Wildman–Crippen MR) is 70.4 cm³/mol. The highest BCUT2D eigenvalue weighted by molar-refractivity contribution is 5.97. The number of carbonyl (C=O) groups is 2. The number of carbonyl (C=O) groups excluding carboxylic acids is 1. The van der Waals surface area contributed by atoms with Gasteiger partial charge in [-0.25, -0.2) is 0 Å². The average Bonchev–Trinajstić information content (AvgIpc) is 2.28. The minimum Gasteiger partial charge on any atom is -0.481 e. The van der Waals surface area contributed by atoms with Gasteiger partial charge in [-0.1, -0.05) is 19.9 Å². The molecule has 1 aromatic carbocycles. The van der Waals surface area contributed by atoms with Crippen LogP contribution in [-0.4, -0.2) is 23.1 Å². The van der Waals surface area contributed by atoms with Crippen LogP contribution in [0.3, 0.4) is 0 Å². The topological polar surface area (TPSA) is 75.6 Å². The minimum atomic E-state index is -0.842. The molecule has 1 aliphatic heterocycles. The number of carboxylic acids is 1. The van der Waals surface area contributed by atoms with Crippen molar-refractivity contribution in [2.75, 3.05) is 5.32 Å². The highest BCUT2D eigenvalue weighted by Crippen LogP contribution is 2.36. The van der Waals surface area contributed by atoms with Crippen molar-refractivity contribution in [3.63, 3.8) is 0 Å². The molecule has 1 atom stereocenters. The molecule has 1 amide bonds. The van der Waals surface area contributed by atoms with Gasteiger partial charge in [0.15, 0.2) is 6.10 Å². The van der Waals surface area contributed by atoms with Crippen LogP contribution in [0.1, 0.15) is 32.8 Å². The third-order valence-corrected chi connectivity index (χ3v) is 3.29. The molecule has 2 rings (SSSR count). The van der Waals surface area contributed by atoms with E-state index in [0.29, 0.717) is 11.4 Å². The van der Waals surface area contributed by atoms with Gasteiger partial charge in [-0.05, 0) is 24.6 Å². The van der Waals surface area contributed by atoms with E-state index in [4.69, 9.17) is 9.84 Å². The van der Waals surface area contributed by atoms with Gasteiger partial charge >= 0.3 is 5.97 Å². The maximum absolute atomic E-state index is 11.5. The maximum atomic E-state index is 11.5. The molecule has 0 saturated heterocycles. The molecule has 0 radical (unpaired) electrons. The third-order valence-electron chi connectivity index (χ3n) is 3.29. The summed E-state index contributed by atoms with van der Waals surface area (Å²) in [7, 11) is 0. The second-order valence-electron chi connectivity index (χ2n) is 5.41. The van der Waals surface area contributed by atoms with Crippen molar-refractivity contribution in [2.24, 2.45) is 0 Å². The summed E-state index contributed by atoms with van der Waals surface area (Å²) in [6.07, 6.45) is -0.501. The summed E-state index contributed by atoms with van der Waals surface area (Å²) < 4.78 is 5.53. The van der Waals surface area contributed by atoms with Crippen LogP contribution < -0.4 is 10.1 Å². The smallest absolute Gasteiger partial charge is 0.304 e. The molecule has 0 saturated carbocycles. The summed E-state index contributed by atoms with van der Waals surface area (Å²) in [5, 5.41) is 11.7. The molecular weight excluding hydrogens is 246 g/mol. The van der Waals surface area contributed by atoms with Gasteiger partial charge in [0.2, 0.25) is 0 Å². The Morgan fingerprint density at radius 3 is 2.79 bits per heavy atom. The van der Waals surface area contributed by atoms with Gasteiger partial charge in [-0.3, -0.25) is 9.59 Å². The molecule has 0 aromatic heterocycles. The van der Waals surface area contributed by atoms with E-state index < -0.39 is 17.5 Å². The van der Waals surface area contributed by atoms with Crippen molar-refractivity contribution >= 4 is 17.6 Å². The first-order valence-electron chi connectivity index (χ1n) is 6.13. The normalized spacial score (nSPS) is 18.3. The fourth-order valence-electron chi connectivity index (χ4n) is 2.10. The van der Waals surface area contributed by atoms with Gasteiger partial charge in [0.25, 0.3) is 5.91 Å². The number of hydrogen-bond acceptors (Lipinski definition) is 3. The SMILES string of the molecule is CC1Oc2cc(C(C)(C)CC(=O)O)ccc2NC1=O. The first-order chi connectivity index (χ1) is 8.79. The number of carboxylic acid groups (broad SMARTS) is 1. The Labute approximate surface area is 111 Å². The molecule has 0 bridgehead atoms. The van der Waals surface area contributed by atoms with Crippen LogP contribution in [0.2, 0.25) is 0 Å². The Morgan fingerprint density at radius 1 is 1.47 bits per heavy atom. The van der Waals surface area contributed by atoms with Crippen molar-refractivity contribution in [1.82, 2.24) is 0 Å². The number of amides is 1. The highest BCUT2D eigenvalue weighted by atomic mass is 16.5. The van der Waals surface area contributed by atoms with Gasteiger partial charge < -0.3 is 15.2 Å². The van der Waals surface area contributed by atoms with E-state index in [1.165, 1.54) is 0 Å². The van der Waals surface area contributed by atoms with Crippen LogP contribution in [0.25, 0.3) is 0 Å². The molecule has 1 unspecified atom stereocenters. The van der Waals surface area contributed by atoms with Crippen LogP contribution in [0.5, 0.6) is 5.75 Å². The molecule has 5 nitrogen and oxygen atoms in total. The molecule has 0 fully saturated rings. The first kappa shape index (κ1) is 13.4. The van der Waals surface area contributed by atoms with Crippen molar-refractivity contribution in [2.45, 2.75) is 38.7 Å². The Kier molecular flexibility index (Phi) is 3.22. The number of fused-ring (bicyclic) bond motifs is 1. The Hall–Kier alpha value is -2.04. The van der Waals surface area contributed by atoms with E-state index in [2.05, 4.69) is 5.32 Å². The molecule has 19 heavy (non-hydrogen) atoms. The number of hydrogen-bond donors (Lipinski definition) is 2. The van der Waals surface area contributed by atoms with Crippen LogP contribution in [0.15, 0.2) is 18.2 Å². The summed E-state index contributed by atoms with van der Waals surface area (Å²) in [4.78, 5) is 22.4. The summed E-state index contributed by atoms with van der Waals surface area (Å²) in [5.74, 6) is -0.432. The lowest BCUT2D eigenvalue weighted by atomic mass is 9.81. The lowest BCUT2D eigenvalue weighted by molar-refractivity contribution is -0.138. The summed E-state index contributed by atoms with van der Waals surface area (Å²) in [6, 6.07) is 5.37. The fourth-order valence-corrected chi connectivity index (χ4v) is 2.10. The number of nitrogens with one attached hydrogen (secondary N) is 1. The van der Waals surface area contributed by atoms with Gasteiger partial charge in [0.05, 0.1) is 12.1 Å². The van der Waals surface area contributed by atoms with E-state index in [9.17, 15) is 9.59 Å². The van der Waals surface area contributed by atoms with E-state index in [0.717, 1.165) is 5.56 Å². The van der Waals surface area contributed by atoms with E-state index in [-0.39, 0.29) is 12.3 Å². The Balaban J connectivity index is 2.34. The van der Waals surface area contributed by atoms with Crippen molar-refractivity contribution in [3.8, 4) is 5.75 Å². The Bertz CT molecular complexity index is 536. The zero-order chi connectivity index (χ0) is 14.2. The molecule has 0 aliphatic carbocycles. The van der Waals surface area contributed by atoms with Gasteiger partial charge in [-0.2, -0.15) is 0 Å². The van der Waals surface area contributed by atoms with Gasteiger partial charge in [-0.15, -0.1) is 0 Å². The van der Waals surface area contributed by atoms with Crippen molar-refractivity contribution in [1.29, 1.82) is 0 Å². The summed E-state index contributed by atoms with van der Waals surface area (Å²) in [6.45, 7) is 5.41. The van der Waals surface area contributed by atoms with E-state index >= 15 is 0 Å². The highest BCUT2D eigenvalue weighted by Gasteiger charge is 2.28. The molecule has 102 valence electrons. The van der Waals surface area contributed by atoms with Crippen molar-refractivity contribution < 1.29 is 19.4 Å². The molecule has 5 heteroatoms. The van der Waals surface area contributed by atoms with Crippen LogP contribution in [0, 0.1) is 0 Å². The van der Waals surface area contributed by atoms with Gasteiger partial charge in [0.1, 0.15) is 5.75 Å². The zero-order valence-electron chi connectivity index (χ0n) is 11.2. The second kappa shape index (κ2) is 4.57.